The number of anilines is 1. The zero-order chi connectivity index (χ0) is 14.7. The molecule has 0 bridgehead atoms. The van der Waals surface area contributed by atoms with Crippen molar-refractivity contribution in [2.24, 2.45) is 0 Å². The molecule has 0 radical (unpaired) electrons. The first kappa shape index (κ1) is 13.5. The summed E-state index contributed by atoms with van der Waals surface area (Å²) in [5.74, 6) is 1.67. The fraction of sp³-hybridized carbons (Fsp3) is 0.312. The molecule has 0 saturated carbocycles. The van der Waals surface area contributed by atoms with Gasteiger partial charge in [0.25, 0.3) is 0 Å². The van der Waals surface area contributed by atoms with Gasteiger partial charge in [0.05, 0.1) is 0 Å². The lowest BCUT2D eigenvalue weighted by Gasteiger charge is -2.14. The predicted molar refractivity (Wildman–Crippen MR) is 80.3 cm³/mol. The molecule has 5 nitrogen and oxygen atoms in total. The summed E-state index contributed by atoms with van der Waals surface area (Å²) in [5, 5.41) is 0. The number of aromatic nitrogens is 2. The van der Waals surface area contributed by atoms with Crippen LogP contribution >= 0.6 is 0 Å². The van der Waals surface area contributed by atoms with E-state index in [0.29, 0.717) is 5.76 Å². The number of nitrogens with zero attached hydrogens (tertiary/aromatic N) is 3. The first-order valence-corrected chi connectivity index (χ1v) is 7.08. The van der Waals surface area contributed by atoms with Crippen molar-refractivity contribution in [3.63, 3.8) is 0 Å². The molecular weight excluding hydrogens is 266 g/mol. The summed E-state index contributed by atoms with van der Waals surface area (Å²) in [6, 6.07) is 3.45. The largest absolute Gasteiger partial charge is 0.458 e. The molecule has 2 aromatic heterocycles. The van der Waals surface area contributed by atoms with E-state index in [1.54, 1.807) is 30.6 Å². The van der Waals surface area contributed by atoms with Crippen LogP contribution in [0.2, 0.25) is 0 Å². The molecule has 21 heavy (non-hydrogen) atoms. The number of carbonyl (C=O) groups is 1. The Morgan fingerprint density at radius 1 is 1.24 bits per heavy atom. The molecule has 0 aliphatic carbocycles. The summed E-state index contributed by atoms with van der Waals surface area (Å²) < 4.78 is 5.28. The summed E-state index contributed by atoms with van der Waals surface area (Å²) in [7, 11) is 0. The summed E-state index contributed by atoms with van der Waals surface area (Å²) in [5.41, 5.74) is 0.801. The Labute approximate surface area is 123 Å². The number of carbonyl (C=O) groups excluding carboxylic acids is 1. The Kier molecular flexibility index (Phi) is 3.81. The standard InChI is InChI=1S/C16H17N3O2/c1-12-4-7-15(21-12)14(20)6-5-13-10-17-16(18-11-13)19-8-2-3-9-19/h4-7,10-11H,2-3,8-9H2,1H3. The van der Waals surface area contributed by atoms with Gasteiger partial charge >= 0.3 is 0 Å². The monoisotopic (exact) mass is 283 g/mol. The van der Waals surface area contributed by atoms with Crippen LogP contribution in [0, 0.1) is 6.92 Å². The smallest absolute Gasteiger partial charge is 0.225 e. The SMILES string of the molecule is Cc1ccc(C(=O)C=Cc2cnc(N3CCCC3)nc2)o1. The highest BCUT2D eigenvalue weighted by molar-refractivity contribution is 6.04. The Bertz CT molecular complexity index is 652. The van der Waals surface area contributed by atoms with Gasteiger partial charge in [-0.05, 0) is 44.1 Å². The second kappa shape index (κ2) is 5.91. The zero-order valence-corrected chi connectivity index (χ0v) is 12.0. The molecule has 0 atom stereocenters. The van der Waals surface area contributed by atoms with Gasteiger partial charge < -0.3 is 9.32 Å². The van der Waals surface area contributed by atoms with E-state index < -0.39 is 0 Å². The molecule has 1 aliphatic rings. The molecule has 0 unspecified atom stereocenters. The lowest BCUT2D eigenvalue weighted by Crippen LogP contribution is -2.20. The van der Waals surface area contributed by atoms with Crippen molar-refractivity contribution in [3.05, 3.63) is 47.7 Å². The number of hydrogen-bond donors (Lipinski definition) is 0. The average molecular weight is 283 g/mol. The van der Waals surface area contributed by atoms with E-state index in [1.807, 2.05) is 6.92 Å². The third-order valence-corrected chi connectivity index (χ3v) is 3.46. The minimum Gasteiger partial charge on any atom is -0.458 e. The van der Waals surface area contributed by atoms with Crippen molar-refractivity contribution in [2.45, 2.75) is 19.8 Å². The summed E-state index contributed by atoms with van der Waals surface area (Å²) in [6.07, 6.45) is 9.04. The molecule has 5 heteroatoms. The highest BCUT2D eigenvalue weighted by atomic mass is 16.3. The third-order valence-electron chi connectivity index (χ3n) is 3.46. The second-order valence-electron chi connectivity index (χ2n) is 5.12. The minimum atomic E-state index is -0.160. The molecule has 0 aromatic carbocycles. The van der Waals surface area contributed by atoms with Crippen LogP contribution in [0.3, 0.4) is 0 Å². The van der Waals surface area contributed by atoms with Crippen LogP contribution in [0.15, 0.2) is 35.0 Å². The number of aryl methyl sites for hydroxylation is 1. The highest BCUT2D eigenvalue weighted by Crippen LogP contribution is 2.15. The van der Waals surface area contributed by atoms with E-state index in [2.05, 4.69) is 14.9 Å². The van der Waals surface area contributed by atoms with E-state index in [1.165, 1.54) is 18.9 Å². The normalized spacial score (nSPS) is 15.0. The number of hydrogen-bond acceptors (Lipinski definition) is 5. The average Bonchev–Trinajstić information content (AvgIpc) is 3.16. The van der Waals surface area contributed by atoms with Crippen LogP contribution in [-0.2, 0) is 0 Å². The molecule has 3 rings (SSSR count). The van der Waals surface area contributed by atoms with E-state index in [0.717, 1.165) is 30.4 Å². The van der Waals surface area contributed by atoms with E-state index in [4.69, 9.17) is 4.42 Å². The van der Waals surface area contributed by atoms with Crippen LogP contribution in [0.5, 0.6) is 0 Å². The number of rotatable bonds is 4. The van der Waals surface area contributed by atoms with Gasteiger partial charge in [0, 0.05) is 31.0 Å². The van der Waals surface area contributed by atoms with Crippen molar-refractivity contribution < 1.29 is 9.21 Å². The predicted octanol–water partition coefficient (Wildman–Crippen LogP) is 2.87. The van der Waals surface area contributed by atoms with Crippen LogP contribution < -0.4 is 4.90 Å². The molecule has 0 amide bonds. The molecular formula is C16H17N3O2. The molecule has 2 aromatic rings. The summed E-state index contributed by atoms with van der Waals surface area (Å²) in [6.45, 7) is 3.85. The van der Waals surface area contributed by atoms with Gasteiger partial charge in [-0.25, -0.2) is 9.97 Å². The Morgan fingerprint density at radius 2 is 1.95 bits per heavy atom. The molecule has 0 spiro atoms. The van der Waals surface area contributed by atoms with E-state index >= 15 is 0 Å². The highest BCUT2D eigenvalue weighted by Gasteiger charge is 2.14. The van der Waals surface area contributed by atoms with Crippen LogP contribution in [0.25, 0.3) is 6.08 Å². The molecule has 0 N–H and O–H groups in total. The third kappa shape index (κ3) is 3.18. The van der Waals surface area contributed by atoms with Crippen molar-refractivity contribution in [2.75, 3.05) is 18.0 Å². The molecule has 1 fully saturated rings. The Balaban J connectivity index is 1.67. The maximum Gasteiger partial charge on any atom is 0.225 e. The molecule has 3 heterocycles. The van der Waals surface area contributed by atoms with E-state index in [-0.39, 0.29) is 5.78 Å². The fourth-order valence-electron chi connectivity index (χ4n) is 2.32. The molecule has 1 saturated heterocycles. The topological polar surface area (TPSA) is 59.2 Å². The minimum absolute atomic E-state index is 0.160. The van der Waals surface area contributed by atoms with Gasteiger partial charge in [0.1, 0.15) is 5.76 Å². The van der Waals surface area contributed by atoms with Gasteiger partial charge in [-0.1, -0.05) is 0 Å². The second-order valence-corrected chi connectivity index (χ2v) is 5.12. The maximum atomic E-state index is 11.9. The maximum absolute atomic E-state index is 11.9. The number of furan rings is 1. The lowest BCUT2D eigenvalue weighted by molar-refractivity contribution is 0.102. The van der Waals surface area contributed by atoms with Gasteiger partial charge in [-0.15, -0.1) is 0 Å². The van der Waals surface area contributed by atoms with Crippen molar-refractivity contribution >= 4 is 17.8 Å². The molecule has 1 aliphatic heterocycles. The van der Waals surface area contributed by atoms with Gasteiger partial charge in [-0.3, -0.25) is 4.79 Å². The lowest BCUT2D eigenvalue weighted by atomic mass is 10.2. The number of allylic oxidation sites excluding steroid dienone is 1. The molecule has 108 valence electrons. The van der Waals surface area contributed by atoms with Crippen LogP contribution in [-0.4, -0.2) is 28.8 Å². The van der Waals surface area contributed by atoms with Gasteiger partial charge in [0.15, 0.2) is 5.76 Å². The summed E-state index contributed by atoms with van der Waals surface area (Å²) >= 11 is 0. The number of ketones is 1. The zero-order valence-electron chi connectivity index (χ0n) is 12.0. The van der Waals surface area contributed by atoms with Crippen LogP contribution in [0.4, 0.5) is 5.95 Å². The van der Waals surface area contributed by atoms with E-state index in [9.17, 15) is 4.79 Å². The summed E-state index contributed by atoms with van der Waals surface area (Å²) in [4.78, 5) is 22.7. The van der Waals surface area contributed by atoms with Crippen molar-refractivity contribution in [3.8, 4) is 0 Å². The van der Waals surface area contributed by atoms with Gasteiger partial charge in [-0.2, -0.15) is 0 Å². The van der Waals surface area contributed by atoms with Gasteiger partial charge in [0.2, 0.25) is 11.7 Å². The van der Waals surface area contributed by atoms with Crippen LogP contribution in [0.1, 0.15) is 34.7 Å². The fourth-order valence-corrected chi connectivity index (χ4v) is 2.32. The Morgan fingerprint density at radius 3 is 2.57 bits per heavy atom. The van der Waals surface area contributed by atoms with Crippen molar-refractivity contribution in [1.29, 1.82) is 0 Å². The first-order chi connectivity index (χ1) is 10.2. The van der Waals surface area contributed by atoms with Crippen molar-refractivity contribution in [1.82, 2.24) is 9.97 Å². The first-order valence-electron chi connectivity index (χ1n) is 7.08. The quantitative estimate of drug-likeness (QED) is 0.638. The Hall–Kier alpha value is -2.43.